The molecule has 0 bridgehead atoms. The van der Waals surface area contributed by atoms with Crippen LogP contribution >= 0.6 is 0 Å². The zero-order valence-electron chi connectivity index (χ0n) is 22.7. The van der Waals surface area contributed by atoms with Crippen LogP contribution in [0.25, 0.3) is 28.0 Å². The zero-order valence-corrected chi connectivity index (χ0v) is 22.7. The summed E-state index contributed by atoms with van der Waals surface area (Å²) in [6.07, 6.45) is 5.21. The molecule has 0 unspecified atom stereocenters. The molecule has 5 aromatic rings. The molecule has 0 radical (unpaired) electrons. The Bertz CT molecular complexity index is 1630. The van der Waals surface area contributed by atoms with Crippen LogP contribution in [0, 0.1) is 6.92 Å². The maximum absolute atomic E-state index is 14.1. The van der Waals surface area contributed by atoms with Gasteiger partial charge in [-0.1, -0.05) is 42.0 Å². The molecular weight excluding hydrogens is 486 g/mol. The number of methoxy groups -OCH3 is 1. The molecule has 1 aliphatic rings. The highest BCUT2D eigenvalue weighted by Crippen LogP contribution is 2.40. The fourth-order valence-electron chi connectivity index (χ4n) is 5.62. The van der Waals surface area contributed by atoms with E-state index in [9.17, 15) is 4.79 Å². The summed E-state index contributed by atoms with van der Waals surface area (Å²) in [5.74, 6) is 1.43. The molecule has 0 saturated heterocycles. The van der Waals surface area contributed by atoms with E-state index in [0.29, 0.717) is 12.3 Å². The third-order valence-corrected chi connectivity index (χ3v) is 7.50. The highest BCUT2D eigenvalue weighted by atomic mass is 16.5. The topological polar surface area (TPSA) is 56.9 Å². The van der Waals surface area contributed by atoms with Gasteiger partial charge in [0.2, 0.25) is 0 Å². The number of rotatable bonds is 7. The largest absolute Gasteiger partial charge is 0.497 e. The molecule has 0 fully saturated rings. The quantitative estimate of drug-likeness (QED) is 0.244. The van der Waals surface area contributed by atoms with Crippen molar-refractivity contribution in [2.75, 3.05) is 19.0 Å². The molecule has 0 aliphatic carbocycles. The van der Waals surface area contributed by atoms with Crippen LogP contribution in [0.15, 0.2) is 79.0 Å². The van der Waals surface area contributed by atoms with Crippen LogP contribution in [0.5, 0.6) is 11.5 Å². The summed E-state index contributed by atoms with van der Waals surface area (Å²) in [6, 6.07) is 24.2. The molecule has 39 heavy (non-hydrogen) atoms. The van der Waals surface area contributed by atoms with Gasteiger partial charge in [-0.25, -0.2) is 0 Å². The first kappa shape index (κ1) is 24.9. The maximum atomic E-state index is 14.1. The van der Waals surface area contributed by atoms with Crippen LogP contribution in [0.3, 0.4) is 0 Å². The van der Waals surface area contributed by atoms with E-state index in [1.165, 1.54) is 11.1 Å². The minimum Gasteiger partial charge on any atom is -0.497 e. The van der Waals surface area contributed by atoms with Gasteiger partial charge >= 0.3 is 0 Å². The second-order valence-electron chi connectivity index (χ2n) is 10.0. The Kier molecular flexibility index (Phi) is 6.61. The number of benzene rings is 3. The van der Waals surface area contributed by atoms with E-state index in [4.69, 9.17) is 9.47 Å². The lowest BCUT2D eigenvalue weighted by molar-refractivity contribution is 0.102. The standard InChI is InChI=1S/C33H33N3O3/c1-4-39-27-16-12-24(13-17-27)30-28-7-5-6-20-35-29(23-10-8-22(2)9-11-23)21-36(33(28)35)31(30)32(37)34-25-14-18-26(38-3)19-15-25/h8-19,21H,4-7,20H2,1-3H3,(H,34,37). The van der Waals surface area contributed by atoms with E-state index in [2.05, 4.69) is 63.8 Å². The van der Waals surface area contributed by atoms with E-state index in [1.54, 1.807) is 7.11 Å². The molecule has 0 saturated carbocycles. The van der Waals surface area contributed by atoms with Crippen molar-refractivity contribution in [3.63, 3.8) is 0 Å². The van der Waals surface area contributed by atoms with Gasteiger partial charge in [-0.3, -0.25) is 9.20 Å². The van der Waals surface area contributed by atoms with Crippen molar-refractivity contribution in [2.24, 2.45) is 0 Å². The number of anilines is 1. The van der Waals surface area contributed by atoms with Gasteiger partial charge in [0.05, 0.1) is 19.4 Å². The van der Waals surface area contributed by atoms with Gasteiger partial charge in [0.15, 0.2) is 0 Å². The van der Waals surface area contributed by atoms with Crippen LogP contribution in [0.1, 0.15) is 41.4 Å². The van der Waals surface area contributed by atoms with Gasteiger partial charge in [-0.15, -0.1) is 0 Å². The second-order valence-corrected chi connectivity index (χ2v) is 10.0. The number of amides is 1. The molecule has 6 rings (SSSR count). The third-order valence-electron chi connectivity index (χ3n) is 7.50. The summed E-state index contributed by atoms with van der Waals surface area (Å²) >= 11 is 0. The summed E-state index contributed by atoms with van der Waals surface area (Å²) in [4.78, 5) is 14.1. The number of aromatic nitrogens is 2. The smallest absolute Gasteiger partial charge is 0.273 e. The van der Waals surface area contributed by atoms with Crippen LogP contribution < -0.4 is 14.8 Å². The molecule has 1 N–H and O–H groups in total. The van der Waals surface area contributed by atoms with Gasteiger partial charge in [0, 0.05) is 29.6 Å². The fraction of sp³-hybridized carbons (Fsp3) is 0.242. The number of carbonyl (C=O) groups is 1. The van der Waals surface area contributed by atoms with Crippen molar-refractivity contribution in [1.82, 2.24) is 8.97 Å². The Balaban J connectivity index is 1.55. The minimum atomic E-state index is -0.140. The van der Waals surface area contributed by atoms with E-state index < -0.39 is 0 Å². The molecule has 3 heterocycles. The lowest BCUT2D eigenvalue weighted by Gasteiger charge is -2.11. The molecular formula is C33H33N3O3. The Morgan fingerprint density at radius 1 is 0.897 bits per heavy atom. The number of imidazole rings is 1. The predicted octanol–water partition coefficient (Wildman–Crippen LogP) is 7.38. The average molecular weight is 520 g/mol. The first-order valence-corrected chi connectivity index (χ1v) is 13.6. The summed E-state index contributed by atoms with van der Waals surface area (Å²) in [5.41, 5.74) is 9.21. The van der Waals surface area contributed by atoms with E-state index in [-0.39, 0.29) is 5.91 Å². The number of carbonyl (C=O) groups excluding carboxylic acids is 1. The van der Waals surface area contributed by atoms with Crippen molar-refractivity contribution in [3.8, 4) is 33.9 Å². The molecule has 0 spiro atoms. The lowest BCUT2D eigenvalue weighted by atomic mass is 9.97. The Morgan fingerprint density at radius 2 is 1.59 bits per heavy atom. The van der Waals surface area contributed by atoms with Crippen molar-refractivity contribution in [3.05, 3.63) is 95.8 Å². The average Bonchev–Trinajstić information content (AvgIpc) is 3.37. The number of hydrogen-bond donors (Lipinski definition) is 1. The summed E-state index contributed by atoms with van der Waals surface area (Å²) in [5, 5.41) is 3.14. The number of nitrogens with zero attached hydrogens (tertiary/aromatic N) is 2. The SMILES string of the molecule is CCOc1ccc(-c2c3c4n(c(-c5ccc(C)cc5)cn4c2C(=O)Nc2ccc(OC)cc2)CCCC3)cc1. The monoisotopic (exact) mass is 519 g/mol. The van der Waals surface area contributed by atoms with Crippen molar-refractivity contribution in [2.45, 2.75) is 39.7 Å². The minimum absolute atomic E-state index is 0.140. The molecule has 1 amide bonds. The third kappa shape index (κ3) is 4.56. The number of aryl methyl sites for hydroxylation is 3. The molecule has 3 aromatic carbocycles. The van der Waals surface area contributed by atoms with Gasteiger partial charge in [0.25, 0.3) is 5.91 Å². The Morgan fingerprint density at radius 3 is 2.28 bits per heavy atom. The molecule has 198 valence electrons. The second kappa shape index (κ2) is 10.4. The first-order valence-electron chi connectivity index (χ1n) is 13.6. The van der Waals surface area contributed by atoms with Crippen LogP contribution in [0.2, 0.25) is 0 Å². The summed E-state index contributed by atoms with van der Waals surface area (Å²) in [6.45, 7) is 5.61. The fourth-order valence-corrected chi connectivity index (χ4v) is 5.62. The molecule has 6 heteroatoms. The Hall–Kier alpha value is -4.45. The number of ether oxygens (including phenoxy) is 2. The summed E-state index contributed by atoms with van der Waals surface area (Å²) < 4.78 is 15.5. The van der Waals surface area contributed by atoms with Crippen LogP contribution in [-0.4, -0.2) is 28.6 Å². The molecule has 2 aromatic heterocycles. The van der Waals surface area contributed by atoms with Gasteiger partial charge in [-0.05, 0) is 80.6 Å². The molecule has 1 aliphatic heterocycles. The Labute approximate surface area is 228 Å². The molecule has 6 nitrogen and oxygen atoms in total. The van der Waals surface area contributed by atoms with Crippen LogP contribution in [-0.2, 0) is 13.0 Å². The van der Waals surface area contributed by atoms with E-state index >= 15 is 0 Å². The van der Waals surface area contributed by atoms with Crippen molar-refractivity contribution in [1.29, 1.82) is 0 Å². The first-order chi connectivity index (χ1) is 19.1. The van der Waals surface area contributed by atoms with Gasteiger partial charge in [0.1, 0.15) is 22.8 Å². The molecule has 0 atom stereocenters. The number of hydrogen-bond acceptors (Lipinski definition) is 3. The maximum Gasteiger partial charge on any atom is 0.273 e. The van der Waals surface area contributed by atoms with Gasteiger partial charge in [-0.2, -0.15) is 0 Å². The highest BCUT2D eigenvalue weighted by molar-refractivity contribution is 6.10. The number of nitrogens with one attached hydrogen (secondary N) is 1. The van der Waals surface area contributed by atoms with Crippen molar-refractivity contribution >= 4 is 17.2 Å². The lowest BCUT2D eigenvalue weighted by Crippen LogP contribution is -2.15. The van der Waals surface area contributed by atoms with Gasteiger partial charge < -0.3 is 19.4 Å². The highest BCUT2D eigenvalue weighted by Gasteiger charge is 2.29. The predicted molar refractivity (Wildman–Crippen MR) is 156 cm³/mol. The van der Waals surface area contributed by atoms with E-state index in [0.717, 1.165) is 71.0 Å². The van der Waals surface area contributed by atoms with Crippen molar-refractivity contribution < 1.29 is 14.3 Å². The summed E-state index contributed by atoms with van der Waals surface area (Å²) in [7, 11) is 1.63. The van der Waals surface area contributed by atoms with E-state index in [1.807, 2.05) is 43.3 Å². The normalized spacial score (nSPS) is 12.8. The van der Waals surface area contributed by atoms with Crippen LogP contribution in [0.4, 0.5) is 5.69 Å². The zero-order chi connectivity index (χ0) is 26.9.